The van der Waals surface area contributed by atoms with Crippen LogP contribution in [0.1, 0.15) is 12.8 Å². The molecule has 0 aromatic heterocycles. The number of carboxylic acid groups (broad SMARTS) is 1. The Morgan fingerprint density at radius 1 is 1.54 bits per heavy atom. The lowest BCUT2D eigenvalue weighted by molar-refractivity contribution is -0.133. The van der Waals surface area contributed by atoms with Crippen molar-refractivity contribution in [2.45, 2.75) is 18.9 Å². The van der Waals surface area contributed by atoms with Gasteiger partial charge in [-0.2, -0.15) is 0 Å². The highest BCUT2D eigenvalue weighted by Gasteiger charge is 2.48. The molecular formula is C10H12O3. The summed E-state index contributed by atoms with van der Waals surface area (Å²) in [7, 11) is 0. The zero-order chi connectivity index (χ0) is 9.00. The maximum Gasteiger partial charge on any atom is 0.331 e. The number of rotatable bonds is 1. The van der Waals surface area contributed by atoms with Crippen molar-refractivity contribution in [3.05, 3.63) is 11.6 Å². The van der Waals surface area contributed by atoms with Crippen LogP contribution in [-0.4, -0.2) is 23.8 Å². The number of hydrogen-bond donors (Lipinski definition) is 1. The van der Waals surface area contributed by atoms with Gasteiger partial charge in [0, 0.05) is 11.5 Å². The third-order valence-corrected chi connectivity index (χ3v) is 3.66. The second-order valence-corrected chi connectivity index (χ2v) is 4.30. The number of carbonyl (C=O) groups is 1. The summed E-state index contributed by atoms with van der Waals surface area (Å²) in [6, 6.07) is 0. The average Bonchev–Trinajstić information content (AvgIpc) is 2.40. The fraction of sp³-hybridized carbons (Fsp3) is 0.700. The van der Waals surface area contributed by atoms with Crippen LogP contribution in [-0.2, 0) is 9.53 Å². The monoisotopic (exact) mass is 180 g/mol. The van der Waals surface area contributed by atoms with Gasteiger partial charge in [-0.1, -0.05) is 6.08 Å². The Hall–Kier alpha value is -0.830. The van der Waals surface area contributed by atoms with Crippen molar-refractivity contribution >= 4 is 5.97 Å². The highest BCUT2D eigenvalue weighted by molar-refractivity contribution is 5.87. The van der Waals surface area contributed by atoms with Crippen LogP contribution in [0.5, 0.6) is 0 Å². The van der Waals surface area contributed by atoms with Crippen LogP contribution in [0.15, 0.2) is 11.6 Å². The molecule has 4 rings (SSSR count). The molecule has 70 valence electrons. The first-order chi connectivity index (χ1) is 6.25. The minimum atomic E-state index is -0.728. The maximum atomic E-state index is 10.9. The van der Waals surface area contributed by atoms with Gasteiger partial charge >= 0.3 is 5.97 Å². The van der Waals surface area contributed by atoms with Crippen molar-refractivity contribution in [3.63, 3.8) is 0 Å². The molecule has 4 unspecified atom stereocenters. The van der Waals surface area contributed by atoms with E-state index in [0.29, 0.717) is 23.5 Å². The molecule has 1 N–H and O–H groups in total. The first-order valence-electron chi connectivity index (χ1n) is 4.82. The zero-order valence-corrected chi connectivity index (χ0v) is 7.27. The summed E-state index contributed by atoms with van der Waals surface area (Å²) < 4.78 is 5.60. The van der Waals surface area contributed by atoms with Crippen molar-refractivity contribution in [2.75, 3.05) is 6.61 Å². The lowest BCUT2D eigenvalue weighted by Gasteiger charge is -2.37. The van der Waals surface area contributed by atoms with E-state index in [1.165, 1.54) is 0 Å². The van der Waals surface area contributed by atoms with E-state index in [2.05, 4.69) is 0 Å². The summed E-state index contributed by atoms with van der Waals surface area (Å²) in [5, 5.41) is 8.94. The molecule has 1 aliphatic heterocycles. The predicted octanol–water partition coefficient (Wildman–Crippen LogP) is 1.05. The summed E-state index contributed by atoms with van der Waals surface area (Å²) in [4.78, 5) is 10.9. The predicted molar refractivity (Wildman–Crippen MR) is 45.2 cm³/mol. The second kappa shape index (κ2) is 2.35. The van der Waals surface area contributed by atoms with Crippen LogP contribution in [0.4, 0.5) is 0 Å². The van der Waals surface area contributed by atoms with Crippen LogP contribution < -0.4 is 0 Å². The van der Waals surface area contributed by atoms with E-state index >= 15 is 0 Å². The van der Waals surface area contributed by atoms with Gasteiger partial charge in [-0.05, 0) is 24.7 Å². The molecule has 0 amide bonds. The quantitative estimate of drug-likeness (QED) is 0.656. The molecule has 4 bridgehead atoms. The van der Waals surface area contributed by atoms with Gasteiger partial charge in [-0.15, -0.1) is 0 Å². The highest BCUT2D eigenvalue weighted by atomic mass is 16.5. The van der Waals surface area contributed by atoms with Gasteiger partial charge in [0.1, 0.15) is 0 Å². The Labute approximate surface area is 76.4 Å². The number of ether oxygens (including phenoxy) is 1. The van der Waals surface area contributed by atoms with Gasteiger partial charge in [0.2, 0.25) is 0 Å². The molecule has 3 heteroatoms. The first kappa shape index (κ1) is 7.56. The van der Waals surface area contributed by atoms with Crippen LogP contribution in [0, 0.1) is 17.8 Å². The van der Waals surface area contributed by atoms with E-state index in [1.54, 1.807) is 0 Å². The third-order valence-electron chi connectivity index (χ3n) is 3.66. The number of carboxylic acids is 1. The minimum Gasteiger partial charge on any atom is -0.478 e. The van der Waals surface area contributed by atoms with Crippen molar-refractivity contribution < 1.29 is 14.6 Å². The summed E-state index contributed by atoms with van der Waals surface area (Å²) in [6.07, 6.45) is 4.23. The smallest absolute Gasteiger partial charge is 0.331 e. The maximum absolute atomic E-state index is 10.9. The largest absolute Gasteiger partial charge is 0.478 e. The van der Waals surface area contributed by atoms with Crippen molar-refractivity contribution in [2.24, 2.45) is 17.8 Å². The van der Waals surface area contributed by atoms with Gasteiger partial charge in [-0.25, -0.2) is 4.79 Å². The second-order valence-electron chi connectivity index (χ2n) is 4.30. The average molecular weight is 180 g/mol. The molecule has 1 saturated heterocycles. The van der Waals surface area contributed by atoms with E-state index in [1.807, 2.05) is 6.08 Å². The molecule has 0 aromatic rings. The highest BCUT2D eigenvalue weighted by Crippen LogP contribution is 2.49. The number of hydrogen-bond acceptors (Lipinski definition) is 2. The Balaban J connectivity index is 2.00. The van der Waals surface area contributed by atoms with E-state index in [0.717, 1.165) is 19.4 Å². The molecule has 3 nitrogen and oxygen atoms in total. The molecule has 0 aromatic carbocycles. The third kappa shape index (κ3) is 0.908. The van der Waals surface area contributed by atoms with Gasteiger partial charge in [-0.3, -0.25) is 0 Å². The Bertz CT molecular complexity index is 281. The number of aliphatic carboxylic acids is 1. The standard InChI is InChI=1S/C10H12O3/c11-10(12)8-3-7-6-1-5(8)2-9(7)13-4-6/h3,5-7,9H,1-2,4H2,(H,11,12). The fourth-order valence-corrected chi connectivity index (χ4v) is 3.05. The lowest BCUT2D eigenvalue weighted by atomic mass is 9.66. The molecule has 4 aliphatic rings. The first-order valence-corrected chi connectivity index (χ1v) is 4.82. The van der Waals surface area contributed by atoms with Crippen molar-refractivity contribution in [1.29, 1.82) is 0 Å². The fourth-order valence-electron chi connectivity index (χ4n) is 3.05. The van der Waals surface area contributed by atoms with Gasteiger partial charge in [0.15, 0.2) is 0 Å². The van der Waals surface area contributed by atoms with Gasteiger partial charge in [0.05, 0.1) is 12.7 Å². The Kier molecular flexibility index (Phi) is 1.37. The topological polar surface area (TPSA) is 46.5 Å². The minimum absolute atomic E-state index is 0.264. The van der Waals surface area contributed by atoms with Crippen LogP contribution in [0.25, 0.3) is 0 Å². The van der Waals surface area contributed by atoms with Crippen LogP contribution in [0.3, 0.4) is 0 Å². The molecule has 13 heavy (non-hydrogen) atoms. The molecule has 0 radical (unpaired) electrons. The van der Waals surface area contributed by atoms with Gasteiger partial charge in [0.25, 0.3) is 0 Å². The summed E-state index contributed by atoms with van der Waals surface area (Å²) in [6.45, 7) is 0.842. The molecule has 0 spiro atoms. The Morgan fingerprint density at radius 2 is 2.38 bits per heavy atom. The van der Waals surface area contributed by atoms with E-state index in [4.69, 9.17) is 9.84 Å². The zero-order valence-electron chi connectivity index (χ0n) is 7.27. The molecule has 4 atom stereocenters. The van der Waals surface area contributed by atoms with Crippen LogP contribution >= 0.6 is 0 Å². The van der Waals surface area contributed by atoms with E-state index < -0.39 is 5.97 Å². The Morgan fingerprint density at radius 3 is 3.00 bits per heavy atom. The molecular weight excluding hydrogens is 168 g/mol. The van der Waals surface area contributed by atoms with Crippen molar-refractivity contribution in [1.82, 2.24) is 0 Å². The SMILES string of the molecule is O=C(O)C1=CC2C3COC2CC1C3. The summed E-state index contributed by atoms with van der Waals surface area (Å²) in [5.74, 6) is 0.539. The molecule has 2 fully saturated rings. The molecule has 1 saturated carbocycles. The van der Waals surface area contributed by atoms with Crippen molar-refractivity contribution in [3.8, 4) is 0 Å². The van der Waals surface area contributed by atoms with Gasteiger partial charge < -0.3 is 9.84 Å². The molecule has 3 aliphatic carbocycles. The van der Waals surface area contributed by atoms with E-state index in [9.17, 15) is 4.79 Å². The van der Waals surface area contributed by atoms with E-state index in [-0.39, 0.29) is 5.92 Å². The van der Waals surface area contributed by atoms with Crippen LogP contribution in [0.2, 0.25) is 0 Å². The normalized spacial score (nSPS) is 46.3. The molecule has 1 heterocycles. The lowest BCUT2D eigenvalue weighted by Crippen LogP contribution is -2.37. The summed E-state index contributed by atoms with van der Waals surface area (Å²) in [5.41, 5.74) is 0.642. The summed E-state index contributed by atoms with van der Waals surface area (Å²) >= 11 is 0.